The van der Waals surface area contributed by atoms with Crippen molar-refractivity contribution < 1.29 is 22.5 Å². The molecule has 2 heterocycles. The average Bonchev–Trinajstić information content (AvgIpc) is 3.41. The largest absolute Gasteiger partial charge is 0.367 e. The van der Waals surface area contributed by atoms with Crippen LogP contribution in [-0.4, -0.2) is 60.9 Å². The molecule has 31 heavy (non-hydrogen) atoms. The van der Waals surface area contributed by atoms with Crippen molar-refractivity contribution in [3.8, 4) is 0 Å². The Labute approximate surface area is 182 Å². The molecule has 10 heteroatoms. The molecular weight excluding hydrogens is 420 g/mol. The number of aryl methyl sites for hydroxylation is 1. The summed E-state index contributed by atoms with van der Waals surface area (Å²) in [6, 6.07) is 9.49. The standard InChI is InChI=1S/C21H28N4O5S/c1-3-31(27,28)24-18-9-17-11-25(14-21(17,10-18)20-22-15(2)23-30-20)19(26)13-29-12-16-7-5-4-6-8-16/h4-8,17-18,24H,3,9-14H2,1-2H3. The molecule has 4 rings (SSSR count). The summed E-state index contributed by atoms with van der Waals surface area (Å²) < 4.78 is 38.1. The number of hydrogen-bond donors (Lipinski definition) is 1. The van der Waals surface area contributed by atoms with Gasteiger partial charge < -0.3 is 14.2 Å². The third kappa shape index (κ3) is 4.65. The number of hydrogen-bond acceptors (Lipinski definition) is 7. The van der Waals surface area contributed by atoms with E-state index in [1.54, 1.807) is 18.7 Å². The zero-order valence-corrected chi connectivity index (χ0v) is 18.6. The SMILES string of the molecule is CCS(=O)(=O)NC1CC2CN(C(=O)COCc3ccccc3)CC2(c2nc(C)no2)C1. The molecule has 0 bridgehead atoms. The highest BCUT2D eigenvalue weighted by molar-refractivity contribution is 7.89. The predicted molar refractivity (Wildman–Crippen MR) is 112 cm³/mol. The van der Waals surface area contributed by atoms with Gasteiger partial charge in [0.15, 0.2) is 5.82 Å². The summed E-state index contributed by atoms with van der Waals surface area (Å²) >= 11 is 0. The molecule has 1 aliphatic heterocycles. The monoisotopic (exact) mass is 448 g/mol. The molecule has 1 aromatic heterocycles. The van der Waals surface area contributed by atoms with Crippen LogP contribution >= 0.6 is 0 Å². The molecular formula is C21H28N4O5S. The Hall–Kier alpha value is -2.30. The topological polar surface area (TPSA) is 115 Å². The third-order valence-electron chi connectivity index (χ3n) is 6.24. The molecule has 2 aromatic rings. The summed E-state index contributed by atoms with van der Waals surface area (Å²) in [7, 11) is -3.32. The number of aromatic nitrogens is 2. The van der Waals surface area contributed by atoms with Gasteiger partial charge in [-0.2, -0.15) is 4.98 Å². The number of nitrogens with zero attached hydrogens (tertiary/aromatic N) is 3. The van der Waals surface area contributed by atoms with Crippen LogP contribution in [0, 0.1) is 12.8 Å². The van der Waals surface area contributed by atoms with Crippen molar-refractivity contribution in [1.29, 1.82) is 0 Å². The van der Waals surface area contributed by atoms with Crippen LogP contribution < -0.4 is 4.72 Å². The van der Waals surface area contributed by atoms with Gasteiger partial charge in [-0.05, 0) is 38.2 Å². The first-order valence-electron chi connectivity index (χ1n) is 10.5. The van der Waals surface area contributed by atoms with Gasteiger partial charge in [0.2, 0.25) is 21.8 Å². The summed E-state index contributed by atoms with van der Waals surface area (Å²) in [5.41, 5.74) is 0.467. The van der Waals surface area contributed by atoms with Crippen LogP contribution in [0.3, 0.4) is 0 Å². The average molecular weight is 449 g/mol. The summed E-state index contributed by atoms with van der Waals surface area (Å²) in [4.78, 5) is 19.1. The third-order valence-corrected chi connectivity index (χ3v) is 7.70. The normalized spacial score (nSPS) is 25.7. The second-order valence-corrected chi connectivity index (χ2v) is 10.5. The summed E-state index contributed by atoms with van der Waals surface area (Å²) in [5, 5.41) is 3.93. The molecule has 1 aromatic carbocycles. The molecule has 3 unspecified atom stereocenters. The van der Waals surface area contributed by atoms with Crippen molar-refractivity contribution in [3.05, 3.63) is 47.6 Å². The first-order valence-corrected chi connectivity index (χ1v) is 12.2. The lowest BCUT2D eigenvalue weighted by atomic mass is 9.80. The minimum absolute atomic E-state index is 0.00749. The minimum Gasteiger partial charge on any atom is -0.367 e. The fourth-order valence-electron chi connectivity index (χ4n) is 4.74. The zero-order chi connectivity index (χ0) is 22.1. The van der Waals surface area contributed by atoms with E-state index in [0.29, 0.717) is 44.3 Å². The second-order valence-electron chi connectivity index (χ2n) is 8.41. The van der Waals surface area contributed by atoms with E-state index in [1.807, 2.05) is 30.3 Å². The van der Waals surface area contributed by atoms with Crippen LogP contribution in [0.2, 0.25) is 0 Å². The van der Waals surface area contributed by atoms with Crippen molar-refractivity contribution >= 4 is 15.9 Å². The minimum atomic E-state index is -3.32. The fraction of sp³-hybridized carbons (Fsp3) is 0.571. The van der Waals surface area contributed by atoms with Crippen molar-refractivity contribution in [2.75, 3.05) is 25.4 Å². The number of carbonyl (C=O) groups is 1. The number of carbonyl (C=O) groups excluding carboxylic acids is 1. The summed E-state index contributed by atoms with van der Waals surface area (Å²) in [5.74, 6) is 0.983. The molecule has 1 N–H and O–H groups in total. The number of fused-ring (bicyclic) bond motifs is 1. The maximum absolute atomic E-state index is 12.8. The van der Waals surface area contributed by atoms with E-state index in [2.05, 4.69) is 14.9 Å². The van der Waals surface area contributed by atoms with Crippen LogP contribution in [0.5, 0.6) is 0 Å². The van der Waals surface area contributed by atoms with Gasteiger partial charge in [-0.15, -0.1) is 0 Å². The Kier molecular flexibility index (Phi) is 6.14. The fourth-order valence-corrected chi connectivity index (χ4v) is 5.59. The summed E-state index contributed by atoms with van der Waals surface area (Å²) in [6.45, 7) is 4.66. The van der Waals surface area contributed by atoms with Crippen molar-refractivity contribution in [2.24, 2.45) is 5.92 Å². The quantitative estimate of drug-likeness (QED) is 0.649. The highest BCUT2D eigenvalue weighted by Crippen LogP contribution is 2.50. The maximum atomic E-state index is 12.8. The van der Waals surface area contributed by atoms with E-state index >= 15 is 0 Å². The van der Waals surface area contributed by atoms with Crippen LogP contribution in [0.25, 0.3) is 0 Å². The number of rotatable bonds is 8. The Morgan fingerprint density at radius 2 is 2.13 bits per heavy atom. The van der Waals surface area contributed by atoms with E-state index in [4.69, 9.17) is 9.26 Å². The smallest absolute Gasteiger partial charge is 0.248 e. The number of ether oxygens (including phenoxy) is 1. The van der Waals surface area contributed by atoms with Crippen molar-refractivity contribution in [1.82, 2.24) is 19.8 Å². The molecule has 9 nitrogen and oxygen atoms in total. The molecule has 0 radical (unpaired) electrons. The first-order chi connectivity index (χ1) is 14.8. The molecule has 1 saturated heterocycles. The lowest BCUT2D eigenvalue weighted by Crippen LogP contribution is -2.40. The highest BCUT2D eigenvalue weighted by atomic mass is 32.2. The number of benzene rings is 1. The Morgan fingerprint density at radius 1 is 1.35 bits per heavy atom. The van der Waals surface area contributed by atoms with Crippen LogP contribution in [0.15, 0.2) is 34.9 Å². The van der Waals surface area contributed by atoms with Gasteiger partial charge in [0.05, 0.1) is 17.8 Å². The molecule has 2 fully saturated rings. The second kappa shape index (κ2) is 8.68. The van der Waals surface area contributed by atoms with Crippen LogP contribution in [-0.2, 0) is 31.6 Å². The number of sulfonamides is 1. The maximum Gasteiger partial charge on any atom is 0.248 e. The Morgan fingerprint density at radius 3 is 2.81 bits per heavy atom. The van der Waals surface area contributed by atoms with Crippen molar-refractivity contribution in [3.63, 3.8) is 0 Å². The van der Waals surface area contributed by atoms with E-state index in [1.165, 1.54) is 0 Å². The number of nitrogens with one attached hydrogen (secondary N) is 1. The van der Waals surface area contributed by atoms with Gasteiger partial charge in [0.1, 0.15) is 6.61 Å². The summed E-state index contributed by atoms with van der Waals surface area (Å²) in [6.07, 6.45) is 1.14. The zero-order valence-electron chi connectivity index (χ0n) is 17.8. The van der Waals surface area contributed by atoms with Crippen LogP contribution in [0.4, 0.5) is 0 Å². The van der Waals surface area contributed by atoms with Crippen LogP contribution in [0.1, 0.15) is 37.0 Å². The number of amides is 1. The van der Waals surface area contributed by atoms with E-state index in [-0.39, 0.29) is 30.2 Å². The lowest BCUT2D eigenvalue weighted by Gasteiger charge is -2.25. The lowest BCUT2D eigenvalue weighted by molar-refractivity contribution is -0.135. The highest BCUT2D eigenvalue weighted by Gasteiger charge is 2.58. The molecule has 3 atom stereocenters. The molecule has 2 aliphatic rings. The Balaban J connectivity index is 1.44. The van der Waals surface area contributed by atoms with Gasteiger partial charge in [0.25, 0.3) is 0 Å². The molecule has 1 amide bonds. The van der Waals surface area contributed by atoms with E-state index in [9.17, 15) is 13.2 Å². The van der Waals surface area contributed by atoms with Gasteiger partial charge >= 0.3 is 0 Å². The van der Waals surface area contributed by atoms with E-state index < -0.39 is 15.4 Å². The molecule has 1 aliphatic carbocycles. The van der Waals surface area contributed by atoms with Gasteiger partial charge in [-0.25, -0.2) is 13.1 Å². The first kappa shape index (κ1) is 21.9. The van der Waals surface area contributed by atoms with E-state index in [0.717, 1.165) is 5.56 Å². The van der Waals surface area contributed by atoms with Gasteiger partial charge in [-0.1, -0.05) is 35.5 Å². The predicted octanol–water partition coefficient (Wildman–Crippen LogP) is 1.39. The molecule has 1 saturated carbocycles. The van der Waals surface area contributed by atoms with Gasteiger partial charge in [-0.3, -0.25) is 4.79 Å². The molecule has 168 valence electrons. The number of likely N-dealkylation sites (tertiary alicyclic amines) is 1. The molecule has 0 spiro atoms. The van der Waals surface area contributed by atoms with Crippen molar-refractivity contribution in [2.45, 2.75) is 44.8 Å². The van der Waals surface area contributed by atoms with Gasteiger partial charge in [0, 0.05) is 19.1 Å². The Bertz CT molecular complexity index is 1030.